The minimum absolute atomic E-state index is 0.120. The fourth-order valence-corrected chi connectivity index (χ4v) is 3.24. The molecule has 7 nitrogen and oxygen atoms in total. The summed E-state index contributed by atoms with van der Waals surface area (Å²) in [5, 5.41) is 10.6. The Morgan fingerprint density at radius 2 is 1.68 bits per heavy atom. The number of anilines is 1. The van der Waals surface area contributed by atoms with E-state index in [1.807, 2.05) is 20.8 Å². The van der Waals surface area contributed by atoms with E-state index in [1.165, 1.54) is 36.4 Å². The molecule has 0 spiro atoms. The van der Waals surface area contributed by atoms with Crippen molar-refractivity contribution in [3.8, 4) is 17.1 Å². The number of halogens is 4. The average Bonchev–Trinajstić information content (AvgIpc) is 3.42. The highest BCUT2D eigenvalue weighted by Gasteiger charge is 2.40. The highest BCUT2D eigenvalue weighted by molar-refractivity contribution is 6.30. The molecule has 0 aliphatic rings. The average molecular weight is 490 g/mol. The maximum Gasteiger partial charge on any atom is 0.434 e. The van der Waals surface area contributed by atoms with Crippen LogP contribution in [0.15, 0.2) is 59.3 Å². The molecule has 34 heavy (non-hydrogen) atoms. The first-order valence-electron chi connectivity index (χ1n) is 10.1. The van der Waals surface area contributed by atoms with Crippen LogP contribution in [0, 0.1) is 0 Å². The van der Waals surface area contributed by atoms with Gasteiger partial charge in [-0.15, -0.1) is 0 Å². The van der Waals surface area contributed by atoms with Gasteiger partial charge in [0.2, 0.25) is 11.7 Å². The normalized spacial score (nSPS) is 12.1. The van der Waals surface area contributed by atoms with Crippen molar-refractivity contribution in [3.63, 3.8) is 0 Å². The zero-order chi connectivity index (χ0) is 24.7. The van der Waals surface area contributed by atoms with Crippen LogP contribution < -0.4 is 5.32 Å². The van der Waals surface area contributed by atoms with Gasteiger partial charge < -0.3 is 9.84 Å². The van der Waals surface area contributed by atoms with Crippen molar-refractivity contribution in [2.45, 2.75) is 32.4 Å². The van der Waals surface area contributed by atoms with Crippen LogP contribution in [0.4, 0.5) is 18.9 Å². The van der Waals surface area contributed by atoms with Crippen LogP contribution in [0.5, 0.6) is 0 Å². The molecule has 0 radical (unpaired) electrons. The number of benzene rings is 2. The Bertz CT molecular complexity index is 1320. The second kappa shape index (κ2) is 8.60. The standard InChI is InChI=1S/C23H19ClF3N5O2/c1-22(2,3)21-30-19(31-34-21)13-4-8-15(9-5-13)29-20(33)17-12-28-32(18(17)23(25,26)27)16-10-6-14(24)7-11-16/h4-12H,1-3H3,(H,29,33). The number of nitrogens with zero attached hydrogens (tertiary/aromatic N) is 4. The first-order chi connectivity index (χ1) is 15.9. The number of amides is 1. The Balaban J connectivity index is 1.58. The van der Waals surface area contributed by atoms with E-state index in [4.69, 9.17) is 16.1 Å². The third-order valence-electron chi connectivity index (χ3n) is 4.82. The van der Waals surface area contributed by atoms with Gasteiger partial charge in [-0.2, -0.15) is 23.3 Å². The Hall–Kier alpha value is -3.66. The molecular weight excluding hydrogens is 471 g/mol. The van der Waals surface area contributed by atoms with E-state index in [9.17, 15) is 18.0 Å². The fraction of sp³-hybridized carbons (Fsp3) is 0.217. The molecule has 0 fully saturated rings. The van der Waals surface area contributed by atoms with Crippen molar-refractivity contribution >= 4 is 23.2 Å². The largest absolute Gasteiger partial charge is 0.434 e. The van der Waals surface area contributed by atoms with E-state index in [0.717, 1.165) is 6.20 Å². The SMILES string of the molecule is CC(C)(C)c1nc(-c2ccc(NC(=O)c3cnn(-c4ccc(Cl)cc4)c3C(F)(F)F)cc2)no1. The zero-order valence-electron chi connectivity index (χ0n) is 18.3. The number of hydrogen-bond donors (Lipinski definition) is 1. The molecule has 0 aliphatic carbocycles. The van der Waals surface area contributed by atoms with Gasteiger partial charge in [0, 0.05) is 21.7 Å². The molecule has 0 unspecified atom stereocenters. The number of rotatable bonds is 4. The van der Waals surface area contributed by atoms with E-state index in [2.05, 4.69) is 20.6 Å². The summed E-state index contributed by atoms with van der Waals surface area (Å²) in [6.07, 6.45) is -3.94. The van der Waals surface area contributed by atoms with Crippen LogP contribution in [0.1, 0.15) is 42.7 Å². The second-order valence-electron chi connectivity index (χ2n) is 8.50. The summed E-state index contributed by atoms with van der Waals surface area (Å²) in [6.45, 7) is 5.81. The third-order valence-corrected chi connectivity index (χ3v) is 5.07. The van der Waals surface area contributed by atoms with E-state index in [-0.39, 0.29) is 11.1 Å². The summed E-state index contributed by atoms with van der Waals surface area (Å²) in [5.74, 6) is -0.112. The lowest BCUT2D eigenvalue weighted by atomic mass is 9.97. The van der Waals surface area contributed by atoms with Crippen LogP contribution in [-0.4, -0.2) is 25.8 Å². The van der Waals surface area contributed by atoms with Crippen LogP contribution in [-0.2, 0) is 11.6 Å². The van der Waals surface area contributed by atoms with Gasteiger partial charge in [-0.3, -0.25) is 4.79 Å². The fourth-order valence-electron chi connectivity index (χ4n) is 3.11. The zero-order valence-corrected chi connectivity index (χ0v) is 19.1. The Morgan fingerprint density at radius 3 is 2.24 bits per heavy atom. The van der Waals surface area contributed by atoms with Gasteiger partial charge in [-0.05, 0) is 48.5 Å². The summed E-state index contributed by atoms with van der Waals surface area (Å²) < 4.78 is 47.5. The van der Waals surface area contributed by atoms with Crippen LogP contribution in [0.2, 0.25) is 5.02 Å². The van der Waals surface area contributed by atoms with Gasteiger partial charge in [0.15, 0.2) is 5.69 Å². The molecule has 0 atom stereocenters. The summed E-state index contributed by atoms with van der Waals surface area (Å²) in [7, 11) is 0. The first-order valence-corrected chi connectivity index (χ1v) is 10.5. The van der Waals surface area contributed by atoms with E-state index < -0.39 is 23.3 Å². The number of nitrogens with one attached hydrogen (secondary N) is 1. The third kappa shape index (κ3) is 4.81. The molecule has 1 amide bonds. The predicted molar refractivity (Wildman–Crippen MR) is 120 cm³/mol. The number of carbonyl (C=O) groups excluding carboxylic acids is 1. The highest BCUT2D eigenvalue weighted by Crippen LogP contribution is 2.34. The van der Waals surface area contributed by atoms with Gasteiger partial charge in [0.1, 0.15) is 0 Å². The highest BCUT2D eigenvalue weighted by atomic mass is 35.5. The molecular formula is C23H19ClF3N5O2. The summed E-state index contributed by atoms with van der Waals surface area (Å²) in [4.78, 5) is 17.1. The van der Waals surface area contributed by atoms with Gasteiger partial charge in [-0.25, -0.2) is 4.68 Å². The van der Waals surface area contributed by atoms with Crippen LogP contribution in [0.25, 0.3) is 17.1 Å². The maximum absolute atomic E-state index is 13.8. The minimum Gasteiger partial charge on any atom is -0.338 e. The monoisotopic (exact) mass is 489 g/mol. The predicted octanol–water partition coefficient (Wildman–Crippen LogP) is 6.14. The summed E-state index contributed by atoms with van der Waals surface area (Å²) in [5.41, 5.74) is -1.07. The number of aromatic nitrogens is 4. The molecule has 4 aromatic rings. The van der Waals surface area contributed by atoms with Gasteiger partial charge in [0.25, 0.3) is 5.91 Å². The first kappa shape index (κ1) is 23.5. The summed E-state index contributed by atoms with van der Waals surface area (Å²) >= 11 is 5.82. The molecule has 2 heterocycles. The lowest BCUT2D eigenvalue weighted by molar-refractivity contribution is -0.143. The van der Waals surface area contributed by atoms with Crippen molar-refractivity contribution < 1.29 is 22.5 Å². The molecule has 2 aromatic carbocycles. The van der Waals surface area contributed by atoms with Gasteiger partial charge in [0.05, 0.1) is 17.4 Å². The molecule has 0 aliphatic heterocycles. The van der Waals surface area contributed by atoms with Crippen LogP contribution in [0.3, 0.4) is 0 Å². The molecule has 2 aromatic heterocycles. The lowest BCUT2D eigenvalue weighted by Gasteiger charge is -2.13. The number of alkyl halides is 3. The quantitative estimate of drug-likeness (QED) is 0.372. The van der Waals surface area contributed by atoms with Gasteiger partial charge in [-0.1, -0.05) is 37.5 Å². The topological polar surface area (TPSA) is 85.8 Å². The molecule has 176 valence electrons. The molecule has 1 N–H and O–H groups in total. The van der Waals surface area contributed by atoms with Crippen LogP contribution >= 0.6 is 11.6 Å². The van der Waals surface area contributed by atoms with Gasteiger partial charge >= 0.3 is 6.18 Å². The Morgan fingerprint density at radius 1 is 1.03 bits per heavy atom. The Labute approximate surface area is 197 Å². The Kier molecular flexibility index (Phi) is 5.94. The summed E-state index contributed by atoms with van der Waals surface area (Å²) in [6, 6.07) is 12.0. The van der Waals surface area contributed by atoms with Crippen molar-refractivity contribution in [2.75, 3.05) is 5.32 Å². The van der Waals surface area contributed by atoms with E-state index in [0.29, 0.717) is 32.7 Å². The van der Waals surface area contributed by atoms with Crippen molar-refractivity contribution in [2.24, 2.45) is 0 Å². The molecule has 0 bridgehead atoms. The van der Waals surface area contributed by atoms with Crippen molar-refractivity contribution in [1.29, 1.82) is 0 Å². The van der Waals surface area contributed by atoms with Crippen molar-refractivity contribution in [3.05, 3.63) is 76.9 Å². The smallest absolute Gasteiger partial charge is 0.338 e. The second-order valence-corrected chi connectivity index (χ2v) is 8.93. The number of hydrogen-bond acceptors (Lipinski definition) is 5. The van der Waals surface area contributed by atoms with E-state index in [1.54, 1.807) is 12.1 Å². The molecule has 11 heteroatoms. The molecule has 0 saturated heterocycles. The minimum atomic E-state index is -4.82. The number of carbonyl (C=O) groups is 1. The molecule has 0 saturated carbocycles. The van der Waals surface area contributed by atoms with Crippen molar-refractivity contribution in [1.82, 2.24) is 19.9 Å². The lowest BCUT2D eigenvalue weighted by Crippen LogP contribution is -2.20. The maximum atomic E-state index is 13.8. The molecule has 4 rings (SSSR count). The van der Waals surface area contributed by atoms with E-state index >= 15 is 0 Å².